The molecule has 0 saturated carbocycles. The second-order valence-electron chi connectivity index (χ2n) is 3.06. The highest BCUT2D eigenvalue weighted by atomic mass is 19.3. The molecule has 0 aromatic heterocycles. The molecule has 0 fully saturated rings. The van der Waals surface area contributed by atoms with Crippen molar-refractivity contribution in [2.75, 3.05) is 18.5 Å². The molecule has 0 aliphatic carbocycles. The molecule has 0 N–H and O–H groups in total. The summed E-state index contributed by atoms with van der Waals surface area (Å²) < 4.78 is 37.3. The minimum absolute atomic E-state index is 0.172. The third kappa shape index (κ3) is 2.71. The minimum Gasteiger partial charge on any atom is -0.368 e. The van der Waals surface area contributed by atoms with E-state index >= 15 is 0 Å². The summed E-state index contributed by atoms with van der Waals surface area (Å²) in [6.45, 7) is -0.537. The van der Waals surface area contributed by atoms with Crippen molar-refractivity contribution in [3.63, 3.8) is 0 Å². The van der Waals surface area contributed by atoms with Gasteiger partial charge in [0.1, 0.15) is 5.82 Å². The fraction of sp³-hybridized carbons (Fsp3) is 0.300. The molecule has 1 rings (SSSR count). The predicted octanol–water partition coefficient (Wildman–Crippen LogP) is 2.34. The van der Waals surface area contributed by atoms with Crippen molar-refractivity contribution in [3.05, 3.63) is 29.6 Å². The first-order chi connectivity index (χ1) is 7.06. The molecule has 0 aliphatic rings. The zero-order valence-corrected chi connectivity index (χ0v) is 8.08. The van der Waals surface area contributed by atoms with E-state index in [-0.39, 0.29) is 11.3 Å². The number of carbonyl (C=O) groups excluding carboxylic acids is 1. The van der Waals surface area contributed by atoms with Crippen molar-refractivity contribution < 1.29 is 18.0 Å². The van der Waals surface area contributed by atoms with Gasteiger partial charge in [0, 0.05) is 7.05 Å². The number of rotatable bonds is 4. The van der Waals surface area contributed by atoms with Crippen LogP contribution in [0.25, 0.3) is 0 Å². The minimum atomic E-state index is -2.53. The van der Waals surface area contributed by atoms with Crippen LogP contribution in [0.2, 0.25) is 0 Å². The number of hydrogen-bond acceptors (Lipinski definition) is 2. The van der Waals surface area contributed by atoms with Crippen molar-refractivity contribution in [1.82, 2.24) is 0 Å². The van der Waals surface area contributed by atoms with Crippen LogP contribution in [0, 0.1) is 5.82 Å². The van der Waals surface area contributed by atoms with Crippen molar-refractivity contribution in [2.45, 2.75) is 6.43 Å². The maximum Gasteiger partial charge on any atom is 0.255 e. The van der Waals surface area contributed by atoms with E-state index in [1.54, 1.807) is 0 Å². The predicted molar refractivity (Wildman–Crippen MR) is 51.1 cm³/mol. The van der Waals surface area contributed by atoms with E-state index in [1.165, 1.54) is 19.2 Å². The van der Waals surface area contributed by atoms with E-state index in [2.05, 4.69) is 0 Å². The number of nitrogens with zero attached hydrogens (tertiary/aromatic N) is 1. The van der Waals surface area contributed by atoms with Crippen LogP contribution in [0.5, 0.6) is 0 Å². The van der Waals surface area contributed by atoms with Crippen LogP contribution in [0.15, 0.2) is 18.2 Å². The Hall–Kier alpha value is -1.52. The Balaban J connectivity index is 3.02. The van der Waals surface area contributed by atoms with Gasteiger partial charge in [0.2, 0.25) is 0 Å². The lowest BCUT2D eigenvalue weighted by Gasteiger charge is -2.20. The Morgan fingerprint density at radius 2 is 2.13 bits per heavy atom. The molecule has 0 aliphatic heterocycles. The molecule has 0 amide bonds. The maximum atomic E-state index is 13.1. The average molecular weight is 217 g/mol. The van der Waals surface area contributed by atoms with Crippen LogP contribution in [0.3, 0.4) is 0 Å². The highest BCUT2D eigenvalue weighted by Gasteiger charge is 2.14. The summed E-state index contributed by atoms with van der Waals surface area (Å²) in [7, 11) is 1.38. The Kier molecular flexibility index (Phi) is 3.71. The van der Waals surface area contributed by atoms with Crippen LogP contribution in [-0.2, 0) is 0 Å². The average Bonchev–Trinajstić information content (AvgIpc) is 2.16. The van der Waals surface area contributed by atoms with Gasteiger partial charge in [0.05, 0.1) is 17.8 Å². The third-order valence-corrected chi connectivity index (χ3v) is 1.97. The van der Waals surface area contributed by atoms with Crippen LogP contribution in [0.4, 0.5) is 18.9 Å². The fourth-order valence-electron chi connectivity index (χ4n) is 1.28. The highest BCUT2D eigenvalue weighted by molar-refractivity contribution is 5.84. The summed E-state index contributed by atoms with van der Waals surface area (Å²) >= 11 is 0. The Morgan fingerprint density at radius 1 is 1.47 bits per heavy atom. The number of halogens is 3. The molecule has 2 nitrogen and oxygen atoms in total. The molecule has 0 radical (unpaired) electrons. The van der Waals surface area contributed by atoms with Crippen LogP contribution in [-0.4, -0.2) is 26.3 Å². The lowest BCUT2D eigenvalue weighted by atomic mass is 10.1. The first kappa shape index (κ1) is 11.6. The summed E-state index contributed by atoms with van der Waals surface area (Å²) in [4.78, 5) is 11.7. The van der Waals surface area contributed by atoms with E-state index in [0.29, 0.717) is 6.29 Å². The number of alkyl halides is 2. The Labute approximate surface area is 85.3 Å². The van der Waals surface area contributed by atoms with Gasteiger partial charge in [-0.25, -0.2) is 13.2 Å². The smallest absolute Gasteiger partial charge is 0.255 e. The highest BCUT2D eigenvalue weighted by Crippen LogP contribution is 2.20. The molecular weight excluding hydrogens is 207 g/mol. The van der Waals surface area contributed by atoms with Crippen molar-refractivity contribution >= 4 is 12.0 Å². The van der Waals surface area contributed by atoms with Gasteiger partial charge in [-0.2, -0.15) is 0 Å². The molecule has 0 spiro atoms. The largest absolute Gasteiger partial charge is 0.368 e. The van der Waals surface area contributed by atoms with E-state index < -0.39 is 18.8 Å². The molecule has 0 atom stereocenters. The first-order valence-corrected chi connectivity index (χ1v) is 4.29. The van der Waals surface area contributed by atoms with Crippen molar-refractivity contribution in [1.29, 1.82) is 0 Å². The summed E-state index contributed by atoms with van der Waals surface area (Å²) in [6, 6.07) is 3.91. The third-order valence-electron chi connectivity index (χ3n) is 1.97. The van der Waals surface area contributed by atoms with Crippen LogP contribution in [0.1, 0.15) is 10.4 Å². The summed E-state index contributed by atoms with van der Waals surface area (Å²) in [5, 5.41) is 0. The number of hydrogen-bond donors (Lipinski definition) is 0. The number of aldehydes is 1. The van der Waals surface area contributed by atoms with Gasteiger partial charge in [-0.1, -0.05) is 6.07 Å². The molecule has 1 aromatic carbocycles. The van der Waals surface area contributed by atoms with Crippen LogP contribution < -0.4 is 4.90 Å². The summed E-state index contributed by atoms with van der Waals surface area (Å²) in [6.07, 6.45) is -2.20. The van der Waals surface area contributed by atoms with Gasteiger partial charge < -0.3 is 4.90 Å². The van der Waals surface area contributed by atoms with Gasteiger partial charge in [-0.15, -0.1) is 0 Å². The molecule has 82 valence electrons. The molecule has 0 heterocycles. The topological polar surface area (TPSA) is 20.3 Å². The first-order valence-electron chi connectivity index (χ1n) is 4.29. The number of anilines is 1. The monoisotopic (exact) mass is 217 g/mol. The van der Waals surface area contributed by atoms with Gasteiger partial charge in [0.25, 0.3) is 6.43 Å². The lowest BCUT2D eigenvalue weighted by Crippen LogP contribution is -2.25. The van der Waals surface area contributed by atoms with Gasteiger partial charge in [-0.3, -0.25) is 4.79 Å². The van der Waals surface area contributed by atoms with E-state index in [1.807, 2.05) is 0 Å². The maximum absolute atomic E-state index is 13.1. The quantitative estimate of drug-likeness (QED) is 0.721. The van der Waals surface area contributed by atoms with E-state index in [9.17, 15) is 18.0 Å². The second-order valence-corrected chi connectivity index (χ2v) is 3.06. The molecular formula is C10H10F3NO. The van der Waals surface area contributed by atoms with Gasteiger partial charge >= 0.3 is 0 Å². The SMILES string of the molecule is CN(CC(F)F)c1cccc(F)c1C=O. The fourth-order valence-corrected chi connectivity index (χ4v) is 1.28. The van der Waals surface area contributed by atoms with Gasteiger partial charge in [-0.05, 0) is 12.1 Å². The zero-order chi connectivity index (χ0) is 11.4. The summed E-state index contributed by atoms with van der Waals surface area (Å²) in [5.74, 6) is -0.705. The number of benzene rings is 1. The Morgan fingerprint density at radius 3 is 2.67 bits per heavy atom. The van der Waals surface area contributed by atoms with E-state index in [4.69, 9.17) is 0 Å². The Bertz CT molecular complexity index is 355. The lowest BCUT2D eigenvalue weighted by molar-refractivity contribution is 0.111. The molecule has 0 bridgehead atoms. The molecule has 15 heavy (non-hydrogen) atoms. The molecule has 1 aromatic rings. The van der Waals surface area contributed by atoms with Crippen LogP contribution >= 0.6 is 0 Å². The van der Waals surface area contributed by atoms with Gasteiger partial charge in [0.15, 0.2) is 6.29 Å². The molecule has 0 saturated heterocycles. The number of carbonyl (C=O) groups is 1. The summed E-state index contributed by atoms with van der Waals surface area (Å²) in [5.41, 5.74) is -0.0223. The van der Waals surface area contributed by atoms with Crippen molar-refractivity contribution in [2.24, 2.45) is 0 Å². The van der Waals surface area contributed by atoms with Crippen molar-refractivity contribution in [3.8, 4) is 0 Å². The second kappa shape index (κ2) is 4.82. The molecule has 5 heteroatoms. The normalized spacial score (nSPS) is 10.5. The van der Waals surface area contributed by atoms with E-state index in [0.717, 1.165) is 11.0 Å². The molecule has 0 unspecified atom stereocenters. The zero-order valence-electron chi connectivity index (χ0n) is 8.08. The standard InChI is InChI=1S/C10H10F3NO/c1-14(5-10(12)13)9-4-2-3-8(11)7(9)6-15/h2-4,6,10H,5H2,1H3.